The summed E-state index contributed by atoms with van der Waals surface area (Å²) in [6.45, 7) is 3.90. The quantitative estimate of drug-likeness (QED) is 0.334. The Morgan fingerprint density at radius 3 is 2.55 bits per heavy atom. The van der Waals surface area contributed by atoms with Crippen LogP contribution in [0.4, 0.5) is 0 Å². The van der Waals surface area contributed by atoms with Crippen molar-refractivity contribution in [3.05, 3.63) is 30.3 Å². The summed E-state index contributed by atoms with van der Waals surface area (Å²) in [6.07, 6.45) is 1.99. The molecule has 1 amide bonds. The van der Waals surface area contributed by atoms with E-state index in [-0.39, 0.29) is 17.6 Å². The van der Waals surface area contributed by atoms with Gasteiger partial charge in [-0.2, -0.15) is 0 Å². The first kappa shape index (κ1) is 18.2. The third-order valence-corrected chi connectivity index (χ3v) is 3.78. The molecule has 1 rings (SSSR count). The second-order valence-electron chi connectivity index (χ2n) is 4.64. The molecule has 0 aliphatic rings. The van der Waals surface area contributed by atoms with Gasteiger partial charge in [0.2, 0.25) is 5.91 Å². The standard InChI is InChI=1S/C16H22N2O3S/c1-3-5-11-13(19)18-14(16(20)21-4-2)15(17)22-12-9-7-6-8-10-12/h6-10,14,17H,3-5,11H2,1-2H3,(H,18,19). The highest BCUT2D eigenvalue weighted by Gasteiger charge is 2.27. The van der Waals surface area contributed by atoms with Crippen molar-refractivity contribution in [3.63, 3.8) is 0 Å². The van der Waals surface area contributed by atoms with Crippen LogP contribution in [0, 0.1) is 5.41 Å². The number of ether oxygens (including phenoxy) is 1. The Balaban J connectivity index is 2.73. The Hall–Kier alpha value is -1.82. The lowest BCUT2D eigenvalue weighted by Crippen LogP contribution is -2.46. The largest absolute Gasteiger partial charge is 0.464 e. The van der Waals surface area contributed by atoms with Crippen molar-refractivity contribution < 1.29 is 14.3 Å². The number of esters is 1. The summed E-state index contributed by atoms with van der Waals surface area (Å²) < 4.78 is 4.96. The molecule has 2 N–H and O–H groups in total. The van der Waals surface area contributed by atoms with E-state index in [0.717, 1.165) is 29.5 Å². The third kappa shape index (κ3) is 6.30. The fourth-order valence-corrected chi connectivity index (χ4v) is 2.52. The molecule has 0 radical (unpaired) electrons. The van der Waals surface area contributed by atoms with E-state index < -0.39 is 12.0 Å². The van der Waals surface area contributed by atoms with Crippen LogP contribution >= 0.6 is 11.8 Å². The van der Waals surface area contributed by atoms with Gasteiger partial charge in [-0.25, -0.2) is 4.79 Å². The van der Waals surface area contributed by atoms with E-state index in [1.165, 1.54) is 0 Å². The third-order valence-electron chi connectivity index (χ3n) is 2.82. The Morgan fingerprint density at radius 2 is 1.95 bits per heavy atom. The van der Waals surface area contributed by atoms with E-state index in [1.54, 1.807) is 6.92 Å². The molecule has 120 valence electrons. The number of thioether (sulfide) groups is 1. The molecule has 0 aromatic heterocycles. The van der Waals surface area contributed by atoms with Gasteiger partial charge in [0.1, 0.15) is 5.04 Å². The van der Waals surface area contributed by atoms with Crippen molar-refractivity contribution in [3.8, 4) is 0 Å². The molecule has 0 heterocycles. The van der Waals surface area contributed by atoms with Crippen LogP contribution in [0.15, 0.2) is 35.2 Å². The van der Waals surface area contributed by atoms with Crippen LogP contribution in [0.1, 0.15) is 33.1 Å². The number of hydrogen-bond acceptors (Lipinski definition) is 5. The normalized spacial score (nSPS) is 11.5. The molecule has 0 aliphatic carbocycles. The molecule has 0 saturated carbocycles. The predicted molar refractivity (Wildman–Crippen MR) is 88.1 cm³/mol. The van der Waals surface area contributed by atoms with Crippen LogP contribution in [0.2, 0.25) is 0 Å². The highest BCUT2D eigenvalue weighted by molar-refractivity contribution is 8.14. The second-order valence-corrected chi connectivity index (χ2v) is 5.75. The fourth-order valence-electron chi connectivity index (χ4n) is 1.70. The molecule has 1 aromatic rings. The van der Waals surface area contributed by atoms with Gasteiger partial charge in [0.25, 0.3) is 0 Å². The van der Waals surface area contributed by atoms with E-state index in [0.29, 0.717) is 6.42 Å². The lowest BCUT2D eigenvalue weighted by atomic mass is 10.2. The van der Waals surface area contributed by atoms with Gasteiger partial charge in [-0.3, -0.25) is 10.2 Å². The summed E-state index contributed by atoms with van der Waals surface area (Å²) >= 11 is 1.14. The van der Waals surface area contributed by atoms with Gasteiger partial charge in [0, 0.05) is 11.3 Å². The average molecular weight is 322 g/mol. The van der Waals surface area contributed by atoms with E-state index in [1.807, 2.05) is 37.3 Å². The Kier molecular flexibility index (Phi) is 8.28. The number of nitrogens with one attached hydrogen (secondary N) is 2. The Labute approximate surface area is 135 Å². The zero-order chi connectivity index (χ0) is 16.4. The summed E-state index contributed by atoms with van der Waals surface area (Å²) in [6, 6.07) is 8.24. The monoisotopic (exact) mass is 322 g/mol. The molecule has 0 spiro atoms. The SMILES string of the molecule is CCCCC(=O)NC(C(=N)Sc1ccccc1)C(=O)OCC. The number of rotatable bonds is 8. The van der Waals surface area contributed by atoms with Crippen LogP contribution in [0.5, 0.6) is 0 Å². The molecule has 5 nitrogen and oxygen atoms in total. The second kappa shape index (κ2) is 10.00. The van der Waals surface area contributed by atoms with E-state index in [9.17, 15) is 9.59 Å². The first-order valence-electron chi connectivity index (χ1n) is 7.35. The number of carbonyl (C=O) groups is 2. The maximum Gasteiger partial charge on any atom is 0.335 e. The van der Waals surface area contributed by atoms with E-state index >= 15 is 0 Å². The molecule has 1 atom stereocenters. The summed E-state index contributed by atoms with van der Waals surface area (Å²) in [5.41, 5.74) is 0. The summed E-state index contributed by atoms with van der Waals surface area (Å²) in [4.78, 5) is 24.7. The summed E-state index contributed by atoms with van der Waals surface area (Å²) in [7, 11) is 0. The van der Waals surface area contributed by atoms with Crippen molar-refractivity contribution in [1.29, 1.82) is 5.41 Å². The molecular formula is C16H22N2O3S. The summed E-state index contributed by atoms with van der Waals surface area (Å²) in [5.74, 6) is -0.834. The maximum atomic E-state index is 12.0. The molecule has 0 bridgehead atoms. The molecule has 0 aliphatic heterocycles. The van der Waals surface area contributed by atoms with Gasteiger partial charge < -0.3 is 10.1 Å². The Morgan fingerprint density at radius 1 is 1.27 bits per heavy atom. The molecule has 1 aromatic carbocycles. The predicted octanol–water partition coefficient (Wildman–Crippen LogP) is 2.99. The van der Waals surface area contributed by atoms with Crippen molar-refractivity contribution in [2.75, 3.05) is 6.61 Å². The molecule has 6 heteroatoms. The topological polar surface area (TPSA) is 79.3 Å². The molecule has 0 fully saturated rings. The highest BCUT2D eigenvalue weighted by Crippen LogP contribution is 2.20. The van der Waals surface area contributed by atoms with Crippen LogP contribution in [-0.4, -0.2) is 29.6 Å². The lowest BCUT2D eigenvalue weighted by molar-refractivity contribution is -0.145. The Bertz CT molecular complexity index is 505. The van der Waals surface area contributed by atoms with Gasteiger partial charge in [-0.1, -0.05) is 43.3 Å². The zero-order valence-corrected chi connectivity index (χ0v) is 13.7. The first-order chi connectivity index (χ1) is 10.6. The van der Waals surface area contributed by atoms with E-state index in [2.05, 4.69) is 5.32 Å². The number of benzene rings is 1. The highest BCUT2D eigenvalue weighted by atomic mass is 32.2. The van der Waals surface area contributed by atoms with E-state index in [4.69, 9.17) is 10.1 Å². The number of unbranched alkanes of at least 4 members (excludes halogenated alkanes) is 1. The van der Waals surface area contributed by atoms with Crippen LogP contribution < -0.4 is 5.32 Å². The fraction of sp³-hybridized carbons (Fsp3) is 0.438. The van der Waals surface area contributed by atoms with Gasteiger partial charge >= 0.3 is 5.97 Å². The minimum absolute atomic E-state index is 0.0505. The van der Waals surface area contributed by atoms with Crippen molar-refractivity contribution in [2.24, 2.45) is 0 Å². The van der Waals surface area contributed by atoms with Crippen LogP contribution in [0.25, 0.3) is 0 Å². The number of hydrogen-bond donors (Lipinski definition) is 2. The maximum absolute atomic E-state index is 12.0. The average Bonchev–Trinajstić information content (AvgIpc) is 2.51. The van der Waals surface area contributed by atoms with Gasteiger partial charge in [-0.15, -0.1) is 0 Å². The minimum Gasteiger partial charge on any atom is -0.464 e. The number of amides is 1. The van der Waals surface area contributed by atoms with Gasteiger partial charge in [0.15, 0.2) is 6.04 Å². The summed E-state index contributed by atoms with van der Waals surface area (Å²) in [5, 5.41) is 10.8. The number of carbonyl (C=O) groups excluding carboxylic acids is 2. The molecule has 22 heavy (non-hydrogen) atoms. The smallest absolute Gasteiger partial charge is 0.335 e. The molecule has 1 unspecified atom stereocenters. The van der Waals surface area contributed by atoms with Crippen LogP contribution in [0.3, 0.4) is 0 Å². The zero-order valence-electron chi connectivity index (χ0n) is 12.9. The minimum atomic E-state index is -1.05. The van der Waals surface area contributed by atoms with Crippen molar-refractivity contribution in [2.45, 2.75) is 44.0 Å². The lowest BCUT2D eigenvalue weighted by Gasteiger charge is -2.18. The van der Waals surface area contributed by atoms with Crippen molar-refractivity contribution >= 4 is 28.7 Å². The van der Waals surface area contributed by atoms with Crippen LogP contribution in [-0.2, 0) is 14.3 Å². The first-order valence-corrected chi connectivity index (χ1v) is 8.17. The van der Waals surface area contributed by atoms with Gasteiger partial charge in [0.05, 0.1) is 6.61 Å². The van der Waals surface area contributed by atoms with Gasteiger partial charge in [-0.05, 0) is 25.5 Å². The molecule has 0 saturated heterocycles. The molecular weight excluding hydrogens is 300 g/mol. The van der Waals surface area contributed by atoms with Crippen molar-refractivity contribution in [1.82, 2.24) is 5.32 Å².